The van der Waals surface area contributed by atoms with E-state index in [4.69, 9.17) is 4.74 Å². The molecule has 2 aromatic rings. The predicted molar refractivity (Wildman–Crippen MR) is 84.5 cm³/mol. The van der Waals surface area contributed by atoms with Gasteiger partial charge in [-0.1, -0.05) is 42.5 Å². The summed E-state index contributed by atoms with van der Waals surface area (Å²) in [6.07, 6.45) is 1.12. The van der Waals surface area contributed by atoms with Crippen LogP contribution in [-0.2, 0) is 16.1 Å². The highest BCUT2D eigenvalue weighted by molar-refractivity contribution is 5.72. The summed E-state index contributed by atoms with van der Waals surface area (Å²) < 4.78 is 19.2. The van der Waals surface area contributed by atoms with Gasteiger partial charge in [-0.3, -0.25) is 4.79 Å². The van der Waals surface area contributed by atoms with Gasteiger partial charge in [0.15, 0.2) is 0 Å². The highest BCUT2D eigenvalue weighted by atomic mass is 19.1. The molecule has 0 saturated heterocycles. The number of aliphatic carboxylic acids is 1. The quantitative estimate of drug-likeness (QED) is 0.907. The normalized spacial score (nSPS) is 23.8. The summed E-state index contributed by atoms with van der Waals surface area (Å²) in [5, 5.41) is 9.47. The Morgan fingerprint density at radius 3 is 2.43 bits per heavy atom. The Balaban J connectivity index is 1.78. The van der Waals surface area contributed by atoms with Gasteiger partial charge < -0.3 is 9.84 Å². The molecule has 0 bridgehead atoms. The zero-order valence-corrected chi connectivity index (χ0v) is 12.7. The van der Waals surface area contributed by atoms with Crippen LogP contribution in [0.15, 0.2) is 54.6 Å². The lowest BCUT2D eigenvalue weighted by molar-refractivity contribution is -0.142. The van der Waals surface area contributed by atoms with Crippen molar-refractivity contribution in [3.05, 3.63) is 71.5 Å². The van der Waals surface area contributed by atoms with E-state index in [1.807, 2.05) is 30.3 Å². The molecule has 3 atom stereocenters. The van der Waals surface area contributed by atoms with Crippen LogP contribution in [-0.4, -0.2) is 17.2 Å². The van der Waals surface area contributed by atoms with Crippen LogP contribution in [0, 0.1) is 11.7 Å². The van der Waals surface area contributed by atoms with Gasteiger partial charge in [0.1, 0.15) is 5.82 Å². The first-order valence-corrected chi connectivity index (χ1v) is 7.79. The lowest BCUT2D eigenvalue weighted by Crippen LogP contribution is -2.25. The Bertz CT molecular complexity index is 654. The average molecular weight is 314 g/mol. The fraction of sp³-hybridized carbons (Fsp3) is 0.316. The molecule has 0 amide bonds. The van der Waals surface area contributed by atoms with Gasteiger partial charge in [0.25, 0.3) is 0 Å². The Kier molecular flexibility index (Phi) is 4.72. The molecular weight excluding hydrogens is 295 g/mol. The van der Waals surface area contributed by atoms with Crippen molar-refractivity contribution in [2.45, 2.75) is 31.5 Å². The first kappa shape index (κ1) is 15.7. The first-order valence-electron chi connectivity index (χ1n) is 7.79. The maximum atomic E-state index is 13.1. The minimum absolute atomic E-state index is 0.165. The number of benzene rings is 2. The van der Waals surface area contributed by atoms with E-state index in [1.165, 1.54) is 12.1 Å². The molecule has 4 heteroatoms. The SMILES string of the molecule is O=C(O)C1CCC(OCc2ccccc2)C1c1ccc(F)cc1. The third-order valence-corrected chi connectivity index (χ3v) is 4.48. The first-order chi connectivity index (χ1) is 11.1. The van der Waals surface area contributed by atoms with Crippen molar-refractivity contribution in [3.8, 4) is 0 Å². The van der Waals surface area contributed by atoms with Crippen molar-refractivity contribution in [1.29, 1.82) is 0 Å². The van der Waals surface area contributed by atoms with E-state index in [9.17, 15) is 14.3 Å². The Hall–Kier alpha value is -2.20. The number of hydrogen-bond acceptors (Lipinski definition) is 2. The van der Waals surface area contributed by atoms with E-state index in [1.54, 1.807) is 12.1 Å². The van der Waals surface area contributed by atoms with Gasteiger partial charge in [0.05, 0.1) is 18.6 Å². The molecule has 0 radical (unpaired) electrons. The number of carboxylic acids is 1. The molecule has 0 aliphatic heterocycles. The molecule has 120 valence electrons. The summed E-state index contributed by atoms with van der Waals surface area (Å²) in [5.41, 5.74) is 1.89. The molecule has 0 heterocycles. The van der Waals surface area contributed by atoms with Crippen molar-refractivity contribution in [1.82, 2.24) is 0 Å². The minimum atomic E-state index is -0.815. The van der Waals surface area contributed by atoms with Crippen molar-refractivity contribution in [2.75, 3.05) is 0 Å². The second-order valence-corrected chi connectivity index (χ2v) is 5.93. The number of carbonyl (C=O) groups is 1. The van der Waals surface area contributed by atoms with Crippen molar-refractivity contribution >= 4 is 5.97 Å². The molecule has 1 aliphatic carbocycles. The topological polar surface area (TPSA) is 46.5 Å². The summed E-state index contributed by atoms with van der Waals surface area (Å²) in [5.74, 6) is -1.86. The lowest BCUT2D eigenvalue weighted by Gasteiger charge is -2.23. The summed E-state index contributed by atoms with van der Waals surface area (Å²) in [6, 6.07) is 15.9. The summed E-state index contributed by atoms with van der Waals surface area (Å²) in [6.45, 7) is 0.454. The van der Waals surface area contributed by atoms with Crippen LogP contribution in [0.5, 0.6) is 0 Å². The minimum Gasteiger partial charge on any atom is -0.481 e. The van der Waals surface area contributed by atoms with Crippen LogP contribution in [0.3, 0.4) is 0 Å². The summed E-state index contributed by atoms with van der Waals surface area (Å²) >= 11 is 0. The van der Waals surface area contributed by atoms with Gasteiger partial charge in [-0.05, 0) is 36.1 Å². The number of ether oxygens (including phenoxy) is 1. The molecule has 0 aromatic heterocycles. The van der Waals surface area contributed by atoms with Crippen LogP contribution in [0.25, 0.3) is 0 Å². The van der Waals surface area contributed by atoms with Gasteiger partial charge in [-0.25, -0.2) is 4.39 Å². The molecule has 3 unspecified atom stereocenters. The molecular formula is C19H19FO3. The molecule has 3 rings (SSSR count). The summed E-state index contributed by atoms with van der Waals surface area (Å²) in [7, 11) is 0. The zero-order chi connectivity index (χ0) is 16.2. The van der Waals surface area contributed by atoms with Gasteiger partial charge in [-0.2, -0.15) is 0 Å². The average Bonchev–Trinajstić information content (AvgIpc) is 2.99. The van der Waals surface area contributed by atoms with E-state index >= 15 is 0 Å². The molecule has 2 aromatic carbocycles. The van der Waals surface area contributed by atoms with Gasteiger partial charge in [0.2, 0.25) is 0 Å². The zero-order valence-electron chi connectivity index (χ0n) is 12.7. The van der Waals surface area contributed by atoms with E-state index in [0.717, 1.165) is 11.1 Å². The van der Waals surface area contributed by atoms with Gasteiger partial charge in [0, 0.05) is 5.92 Å². The van der Waals surface area contributed by atoms with Crippen LogP contribution in [0.4, 0.5) is 4.39 Å². The second-order valence-electron chi connectivity index (χ2n) is 5.93. The Morgan fingerprint density at radius 1 is 1.09 bits per heavy atom. The van der Waals surface area contributed by atoms with E-state index in [-0.39, 0.29) is 17.8 Å². The largest absolute Gasteiger partial charge is 0.481 e. The number of halogens is 1. The molecule has 1 aliphatic rings. The van der Waals surface area contributed by atoms with E-state index in [2.05, 4.69) is 0 Å². The number of hydrogen-bond donors (Lipinski definition) is 1. The maximum Gasteiger partial charge on any atom is 0.307 e. The third kappa shape index (κ3) is 3.59. The Labute approximate surface area is 134 Å². The highest BCUT2D eigenvalue weighted by Crippen LogP contribution is 2.42. The van der Waals surface area contributed by atoms with Crippen molar-refractivity contribution in [3.63, 3.8) is 0 Å². The van der Waals surface area contributed by atoms with Crippen LogP contribution in [0.1, 0.15) is 29.9 Å². The van der Waals surface area contributed by atoms with Crippen molar-refractivity contribution < 1.29 is 19.0 Å². The standard InChI is InChI=1S/C19H19FO3/c20-15-8-6-14(7-9-15)18-16(19(21)22)10-11-17(18)23-12-13-4-2-1-3-5-13/h1-9,16-18H,10-12H2,(H,21,22). The smallest absolute Gasteiger partial charge is 0.307 e. The molecule has 1 N–H and O–H groups in total. The molecule has 1 saturated carbocycles. The summed E-state index contributed by atoms with van der Waals surface area (Å²) in [4.78, 5) is 11.5. The van der Waals surface area contributed by atoms with E-state index in [0.29, 0.717) is 19.4 Å². The monoisotopic (exact) mass is 314 g/mol. The molecule has 1 fully saturated rings. The third-order valence-electron chi connectivity index (χ3n) is 4.48. The highest BCUT2D eigenvalue weighted by Gasteiger charge is 2.41. The van der Waals surface area contributed by atoms with Crippen LogP contribution < -0.4 is 0 Å². The molecule has 23 heavy (non-hydrogen) atoms. The van der Waals surface area contributed by atoms with Crippen molar-refractivity contribution in [2.24, 2.45) is 5.92 Å². The van der Waals surface area contributed by atoms with Crippen LogP contribution in [0.2, 0.25) is 0 Å². The fourth-order valence-electron chi connectivity index (χ4n) is 3.34. The lowest BCUT2D eigenvalue weighted by atomic mass is 9.87. The predicted octanol–water partition coefficient (Wildman–Crippen LogP) is 3.99. The van der Waals surface area contributed by atoms with E-state index < -0.39 is 11.9 Å². The molecule has 0 spiro atoms. The number of rotatable bonds is 5. The fourth-order valence-corrected chi connectivity index (χ4v) is 3.34. The van der Waals surface area contributed by atoms with Crippen LogP contribution >= 0.6 is 0 Å². The maximum absolute atomic E-state index is 13.1. The Morgan fingerprint density at radius 2 is 1.78 bits per heavy atom. The van der Waals surface area contributed by atoms with Gasteiger partial charge >= 0.3 is 5.97 Å². The second kappa shape index (κ2) is 6.92. The number of carboxylic acid groups (broad SMARTS) is 1. The molecule has 3 nitrogen and oxygen atoms in total. The van der Waals surface area contributed by atoms with Gasteiger partial charge in [-0.15, -0.1) is 0 Å².